The summed E-state index contributed by atoms with van der Waals surface area (Å²) in [6, 6.07) is 0. The van der Waals surface area contributed by atoms with Gasteiger partial charge in [-0.1, -0.05) is 0 Å². The van der Waals surface area contributed by atoms with Crippen LogP contribution in [0.2, 0.25) is 0 Å². The van der Waals surface area contributed by atoms with Gasteiger partial charge in [-0.2, -0.15) is 8.42 Å². The van der Waals surface area contributed by atoms with Crippen LogP contribution in [0.5, 0.6) is 0 Å². The van der Waals surface area contributed by atoms with Gasteiger partial charge in [0.2, 0.25) is 0 Å². The molecule has 8 heteroatoms. The maximum Gasteiger partial charge on any atom is 1.00 e. The molecule has 0 aliphatic rings. The van der Waals surface area contributed by atoms with E-state index < -0.39 is 10.4 Å². The molecule has 8 heavy (non-hydrogen) atoms. The van der Waals surface area contributed by atoms with Crippen molar-refractivity contribution in [2.45, 2.75) is 0 Å². The SMILES string of the molecule is F.O=S(=O)(O)O.[H-].[H-].[Na+].[Na+]. The van der Waals surface area contributed by atoms with Crippen molar-refractivity contribution in [1.29, 1.82) is 0 Å². The summed E-state index contributed by atoms with van der Waals surface area (Å²) < 4.78 is 31.6. The average molecular weight is 166 g/mol. The Morgan fingerprint density at radius 2 is 1.12 bits per heavy atom. The third-order valence-electron chi connectivity index (χ3n) is 0. The first-order chi connectivity index (χ1) is 2.00. The van der Waals surface area contributed by atoms with Crippen LogP contribution in [0.3, 0.4) is 0 Å². The Kier molecular flexibility index (Phi) is 24.8. The van der Waals surface area contributed by atoms with E-state index >= 15 is 0 Å². The van der Waals surface area contributed by atoms with Gasteiger partial charge in [0, 0.05) is 0 Å². The molecule has 0 fully saturated rings. The van der Waals surface area contributed by atoms with E-state index in [9.17, 15) is 0 Å². The summed E-state index contributed by atoms with van der Waals surface area (Å²) in [6.45, 7) is 0. The molecule has 0 spiro atoms. The maximum atomic E-state index is 8.74. The van der Waals surface area contributed by atoms with Crippen LogP contribution in [-0.4, -0.2) is 17.5 Å². The molecule has 0 saturated carbocycles. The van der Waals surface area contributed by atoms with Gasteiger partial charge in [-0.15, -0.1) is 0 Å². The minimum absolute atomic E-state index is 0. The zero-order valence-electron chi connectivity index (χ0n) is 6.53. The van der Waals surface area contributed by atoms with Crippen LogP contribution in [0.4, 0.5) is 4.70 Å². The van der Waals surface area contributed by atoms with Crippen molar-refractivity contribution in [2.24, 2.45) is 0 Å². The zero-order valence-corrected chi connectivity index (χ0v) is 9.34. The summed E-state index contributed by atoms with van der Waals surface area (Å²) in [6.07, 6.45) is 0. The van der Waals surface area contributed by atoms with Crippen LogP contribution in [0.15, 0.2) is 0 Å². The molecule has 0 aromatic carbocycles. The van der Waals surface area contributed by atoms with Crippen molar-refractivity contribution >= 4 is 10.4 Å². The number of halogens is 1. The van der Waals surface area contributed by atoms with Gasteiger partial charge in [0.15, 0.2) is 0 Å². The van der Waals surface area contributed by atoms with Gasteiger partial charge >= 0.3 is 69.5 Å². The Morgan fingerprint density at radius 3 is 1.12 bits per heavy atom. The van der Waals surface area contributed by atoms with Crippen LogP contribution >= 0.6 is 0 Å². The molecule has 2 N–H and O–H groups in total. The molecule has 0 rings (SSSR count). The molecule has 0 aliphatic carbocycles. The Labute approximate surface area is 93.5 Å². The van der Waals surface area contributed by atoms with Gasteiger partial charge < -0.3 is 2.85 Å². The first-order valence-electron chi connectivity index (χ1n) is 0.698. The van der Waals surface area contributed by atoms with Crippen LogP contribution in [-0.2, 0) is 10.4 Å². The summed E-state index contributed by atoms with van der Waals surface area (Å²) in [5, 5.41) is 0. The van der Waals surface area contributed by atoms with Crippen molar-refractivity contribution in [3.63, 3.8) is 0 Å². The van der Waals surface area contributed by atoms with E-state index in [-0.39, 0.29) is 66.7 Å². The molecule has 0 aromatic rings. The van der Waals surface area contributed by atoms with Crippen LogP contribution in [0.1, 0.15) is 2.85 Å². The molecule has 4 nitrogen and oxygen atoms in total. The predicted molar refractivity (Wildman–Crippen MR) is 18.9 cm³/mol. The monoisotopic (exact) mass is 166 g/mol. The smallest absolute Gasteiger partial charge is 1.00 e. The van der Waals surface area contributed by atoms with Crippen molar-refractivity contribution < 1.29 is 84.2 Å². The Morgan fingerprint density at radius 1 is 1.12 bits per heavy atom. The molecule has 0 saturated heterocycles. The van der Waals surface area contributed by atoms with E-state index in [1.54, 1.807) is 0 Å². The predicted octanol–water partition coefficient (Wildman–Crippen LogP) is -6.27. The van der Waals surface area contributed by atoms with Gasteiger partial charge in [-0.3, -0.25) is 13.8 Å². The van der Waals surface area contributed by atoms with Crippen molar-refractivity contribution in [3.05, 3.63) is 0 Å². The third kappa shape index (κ3) is 111. The normalized spacial score (nSPS) is 7.25. The van der Waals surface area contributed by atoms with E-state index in [0.29, 0.717) is 0 Å². The van der Waals surface area contributed by atoms with Crippen LogP contribution in [0, 0.1) is 0 Å². The van der Waals surface area contributed by atoms with Gasteiger partial charge in [0.1, 0.15) is 0 Å². The zero-order chi connectivity index (χ0) is 4.50. The molecular weight excluding hydrogens is 161 g/mol. The van der Waals surface area contributed by atoms with E-state index in [2.05, 4.69) is 0 Å². The molecule has 0 bridgehead atoms. The second-order valence-electron chi connectivity index (χ2n) is 0.448. The fourth-order valence-corrected chi connectivity index (χ4v) is 0. The summed E-state index contributed by atoms with van der Waals surface area (Å²) in [5.74, 6) is 0. The Balaban J connectivity index is -0.00000000800. The van der Waals surface area contributed by atoms with Crippen LogP contribution in [0.25, 0.3) is 0 Å². The molecule has 44 valence electrons. The van der Waals surface area contributed by atoms with E-state index in [0.717, 1.165) is 0 Å². The van der Waals surface area contributed by atoms with Crippen LogP contribution < -0.4 is 59.1 Å². The minimum atomic E-state index is -4.67. The Bertz CT molecular complexity index is 104. The molecule has 0 aromatic heterocycles. The van der Waals surface area contributed by atoms with Gasteiger partial charge in [-0.25, -0.2) is 0 Å². The first-order valence-corrected chi connectivity index (χ1v) is 2.10. The summed E-state index contributed by atoms with van der Waals surface area (Å²) in [4.78, 5) is 0. The molecule has 0 atom stereocenters. The standard InChI is InChI=1S/FH.2Na.H2O4S.2H/c;;;1-5(2,3)4;;/h1H;;;(H2,1,2,3,4);;/q;2*+1;;2*-1. The molecule has 0 aliphatic heterocycles. The summed E-state index contributed by atoms with van der Waals surface area (Å²) in [7, 11) is -4.67. The third-order valence-corrected chi connectivity index (χ3v) is 0. The quantitative estimate of drug-likeness (QED) is 0.277. The molecule has 0 radical (unpaired) electrons. The number of hydrogen-bond acceptors (Lipinski definition) is 2. The minimum Gasteiger partial charge on any atom is -1.00 e. The molecule has 0 heterocycles. The van der Waals surface area contributed by atoms with Crippen molar-refractivity contribution in [1.82, 2.24) is 0 Å². The maximum absolute atomic E-state index is 8.74. The molecule has 0 unspecified atom stereocenters. The average Bonchev–Trinajstić information content (AvgIpc) is 0.722. The van der Waals surface area contributed by atoms with Gasteiger partial charge in [0.05, 0.1) is 0 Å². The molecular formula is H5FNa2O4S. The fourth-order valence-electron chi connectivity index (χ4n) is 0. The van der Waals surface area contributed by atoms with E-state index in [1.807, 2.05) is 0 Å². The topological polar surface area (TPSA) is 74.6 Å². The van der Waals surface area contributed by atoms with Gasteiger partial charge in [0.25, 0.3) is 0 Å². The second kappa shape index (κ2) is 8.80. The fraction of sp³-hybridized carbons (Fsp3) is 0. The number of rotatable bonds is 0. The first kappa shape index (κ1) is 22.6. The van der Waals surface area contributed by atoms with E-state index in [1.165, 1.54) is 0 Å². The Hall–Kier alpha value is 1.80. The summed E-state index contributed by atoms with van der Waals surface area (Å²) >= 11 is 0. The van der Waals surface area contributed by atoms with Gasteiger partial charge in [-0.05, 0) is 0 Å². The summed E-state index contributed by atoms with van der Waals surface area (Å²) in [5.41, 5.74) is 0. The van der Waals surface area contributed by atoms with E-state index in [4.69, 9.17) is 17.5 Å². The van der Waals surface area contributed by atoms with Crippen molar-refractivity contribution in [2.75, 3.05) is 0 Å². The van der Waals surface area contributed by atoms with Crippen molar-refractivity contribution in [3.8, 4) is 0 Å². The molecule has 0 amide bonds. The number of hydrogen-bond donors (Lipinski definition) is 2. The largest absolute Gasteiger partial charge is 1.00 e. The second-order valence-corrected chi connectivity index (χ2v) is 1.34.